The van der Waals surface area contributed by atoms with Gasteiger partial charge < -0.3 is 15.5 Å². The van der Waals surface area contributed by atoms with Gasteiger partial charge in [-0.3, -0.25) is 4.99 Å². The molecule has 1 fully saturated rings. The molecule has 1 atom stereocenters. The average molecular weight is 410 g/mol. The van der Waals surface area contributed by atoms with Crippen LogP contribution >= 0.6 is 24.0 Å². The van der Waals surface area contributed by atoms with E-state index in [1.165, 1.54) is 45.2 Å². The number of nitrogens with one attached hydrogen (secondary N) is 2. The molecule has 4 nitrogen and oxygen atoms in total. The van der Waals surface area contributed by atoms with Crippen molar-refractivity contribution in [2.24, 2.45) is 4.99 Å². The van der Waals surface area contributed by atoms with Crippen LogP contribution in [0, 0.1) is 0 Å². The van der Waals surface area contributed by atoms with Gasteiger partial charge in [0, 0.05) is 25.2 Å². The van der Waals surface area contributed by atoms with Gasteiger partial charge in [0.25, 0.3) is 0 Å². The van der Waals surface area contributed by atoms with E-state index < -0.39 is 0 Å². The van der Waals surface area contributed by atoms with E-state index in [0.29, 0.717) is 6.04 Å². The number of rotatable bonds is 7. The minimum atomic E-state index is 0. The molecule has 1 rings (SSSR count). The molecule has 1 heterocycles. The minimum Gasteiger partial charge on any atom is -0.357 e. The summed E-state index contributed by atoms with van der Waals surface area (Å²) in [5.74, 6) is 0.953. The highest BCUT2D eigenvalue weighted by Gasteiger charge is 2.16. The van der Waals surface area contributed by atoms with Gasteiger partial charge in [-0.25, -0.2) is 0 Å². The molecule has 1 aliphatic heterocycles. The molecule has 2 N–H and O–H groups in total. The molecule has 0 aromatic rings. The SMILES string of the molecule is CCNC(=NCCCCN1CCCCC1C)NC(C)C.I. The molecule has 1 aliphatic rings. The summed E-state index contributed by atoms with van der Waals surface area (Å²) in [6, 6.07) is 1.22. The number of nitrogens with zero attached hydrogens (tertiary/aromatic N) is 2. The normalized spacial score (nSPS) is 20.2. The molecule has 1 unspecified atom stereocenters. The first-order valence-corrected chi connectivity index (χ1v) is 8.42. The van der Waals surface area contributed by atoms with E-state index in [0.717, 1.165) is 25.1 Å². The van der Waals surface area contributed by atoms with Crippen molar-refractivity contribution in [3.05, 3.63) is 0 Å². The van der Waals surface area contributed by atoms with Gasteiger partial charge in [-0.2, -0.15) is 0 Å². The van der Waals surface area contributed by atoms with Crippen molar-refractivity contribution in [2.45, 2.75) is 71.9 Å². The average Bonchev–Trinajstić information content (AvgIpc) is 2.40. The van der Waals surface area contributed by atoms with Crippen molar-refractivity contribution in [3.63, 3.8) is 0 Å². The number of aliphatic imine (C=N–C) groups is 1. The van der Waals surface area contributed by atoms with Gasteiger partial charge in [0.1, 0.15) is 0 Å². The molecule has 5 heteroatoms. The predicted octanol–water partition coefficient (Wildman–Crippen LogP) is 3.22. The lowest BCUT2D eigenvalue weighted by Crippen LogP contribution is -2.41. The van der Waals surface area contributed by atoms with Gasteiger partial charge >= 0.3 is 0 Å². The number of hydrogen-bond acceptors (Lipinski definition) is 2. The van der Waals surface area contributed by atoms with Gasteiger partial charge in [0.2, 0.25) is 0 Å². The molecule has 21 heavy (non-hydrogen) atoms. The first-order chi connectivity index (χ1) is 9.63. The highest BCUT2D eigenvalue weighted by Crippen LogP contribution is 2.16. The fraction of sp³-hybridized carbons (Fsp3) is 0.938. The second-order valence-electron chi connectivity index (χ2n) is 6.15. The van der Waals surface area contributed by atoms with E-state index in [4.69, 9.17) is 0 Å². The van der Waals surface area contributed by atoms with Crippen LogP contribution in [0.5, 0.6) is 0 Å². The fourth-order valence-electron chi connectivity index (χ4n) is 2.70. The lowest BCUT2D eigenvalue weighted by Gasteiger charge is -2.33. The first-order valence-electron chi connectivity index (χ1n) is 8.42. The molecule has 0 aromatic heterocycles. The maximum atomic E-state index is 4.63. The van der Waals surface area contributed by atoms with Crippen molar-refractivity contribution in [3.8, 4) is 0 Å². The summed E-state index contributed by atoms with van der Waals surface area (Å²) in [5.41, 5.74) is 0. The molecular weight excluding hydrogens is 375 g/mol. The summed E-state index contributed by atoms with van der Waals surface area (Å²) < 4.78 is 0. The van der Waals surface area contributed by atoms with Crippen molar-refractivity contribution >= 4 is 29.9 Å². The van der Waals surface area contributed by atoms with Crippen LogP contribution in [-0.2, 0) is 0 Å². The third kappa shape index (κ3) is 9.55. The highest BCUT2D eigenvalue weighted by molar-refractivity contribution is 14.0. The van der Waals surface area contributed by atoms with Crippen LogP contribution in [0.2, 0.25) is 0 Å². The van der Waals surface area contributed by atoms with E-state index in [-0.39, 0.29) is 24.0 Å². The first kappa shape index (κ1) is 21.0. The van der Waals surface area contributed by atoms with Gasteiger partial charge in [-0.1, -0.05) is 6.42 Å². The molecule has 0 aromatic carbocycles. The van der Waals surface area contributed by atoms with Crippen molar-refractivity contribution in [1.29, 1.82) is 0 Å². The van der Waals surface area contributed by atoms with Crippen LogP contribution in [0.25, 0.3) is 0 Å². The van der Waals surface area contributed by atoms with Crippen LogP contribution in [-0.4, -0.2) is 49.1 Å². The molecule has 0 saturated carbocycles. The van der Waals surface area contributed by atoms with Crippen LogP contribution in [0.3, 0.4) is 0 Å². The number of halogens is 1. The number of piperidine rings is 1. The Hall–Kier alpha value is -0.0400. The third-order valence-electron chi connectivity index (χ3n) is 3.83. The molecule has 0 amide bonds. The standard InChI is InChI=1S/C16H34N4.HI/c1-5-17-16(19-14(2)3)18-11-7-9-13-20-12-8-6-10-15(20)4;/h14-15H,5-13H2,1-4H3,(H2,17,18,19);1H. The van der Waals surface area contributed by atoms with Gasteiger partial charge in [-0.05, 0) is 66.5 Å². The quantitative estimate of drug-likeness (QED) is 0.293. The zero-order valence-corrected chi connectivity index (χ0v) is 16.7. The Morgan fingerprint density at radius 3 is 2.67 bits per heavy atom. The number of hydrogen-bond donors (Lipinski definition) is 2. The number of guanidine groups is 1. The smallest absolute Gasteiger partial charge is 0.191 e. The zero-order chi connectivity index (χ0) is 14.8. The minimum absolute atomic E-state index is 0. The van der Waals surface area contributed by atoms with E-state index in [9.17, 15) is 0 Å². The Morgan fingerprint density at radius 2 is 2.05 bits per heavy atom. The highest BCUT2D eigenvalue weighted by atomic mass is 127. The molecule has 126 valence electrons. The zero-order valence-electron chi connectivity index (χ0n) is 14.3. The third-order valence-corrected chi connectivity index (χ3v) is 3.83. The van der Waals surface area contributed by atoms with Crippen molar-refractivity contribution in [2.75, 3.05) is 26.2 Å². The summed E-state index contributed by atoms with van der Waals surface area (Å²) in [6.45, 7) is 13.1. The second-order valence-corrected chi connectivity index (χ2v) is 6.15. The molecule has 0 bridgehead atoms. The number of unbranched alkanes of at least 4 members (excludes halogenated alkanes) is 1. The Labute approximate surface area is 148 Å². The second kappa shape index (κ2) is 12.5. The molecule has 1 saturated heterocycles. The molecule has 0 spiro atoms. The summed E-state index contributed by atoms with van der Waals surface area (Å²) in [5, 5.41) is 6.65. The topological polar surface area (TPSA) is 39.7 Å². The summed E-state index contributed by atoms with van der Waals surface area (Å²) in [7, 11) is 0. The predicted molar refractivity (Wildman–Crippen MR) is 104 cm³/mol. The Bertz CT molecular complexity index is 281. The van der Waals surface area contributed by atoms with Crippen LogP contribution in [0.1, 0.15) is 59.8 Å². The van der Waals surface area contributed by atoms with Crippen LogP contribution in [0.15, 0.2) is 4.99 Å². The summed E-state index contributed by atoms with van der Waals surface area (Å²) >= 11 is 0. The van der Waals surface area contributed by atoms with E-state index >= 15 is 0 Å². The maximum absolute atomic E-state index is 4.63. The molecule has 0 aliphatic carbocycles. The van der Waals surface area contributed by atoms with Crippen molar-refractivity contribution < 1.29 is 0 Å². The largest absolute Gasteiger partial charge is 0.357 e. The molecule has 0 radical (unpaired) electrons. The Balaban J connectivity index is 0.00000400. The van der Waals surface area contributed by atoms with Gasteiger partial charge in [0.15, 0.2) is 5.96 Å². The monoisotopic (exact) mass is 410 g/mol. The van der Waals surface area contributed by atoms with Crippen LogP contribution in [0.4, 0.5) is 0 Å². The maximum Gasteiger partial charge on any atom is 0.191 e. The summed E-state index contributed by atoms with van der Waals surface area (Å²) in [6.07, 6.45) is 6.61. The lowest BCUT2D eigenvalue weighted by atomic mass is 10.0. The van der Waals surface area contributed by atoms with E-state index in [2.05, 4.69) is 48.2 Å². The van der Waals surface area contributed by atoms with Crippen LogP contribution < -0.4 is 10.6 Å². The van der Waals surface area contributed by atoms with E-state index in [1.54, 1.807) is 0 Å². The van der Waals surface area contributed by atoms with Gasteiger partial charge in [-0.15, -0.1) is 24.0 Å². The van der Waals surface area contributed by atoms with Gasteiger partial charge in [0.05, 0.1) is 0 Å². The van der Waals surface area contributed by atoms with Crippen molar-refractivity contribution in [1.82, 2.24) is 15.5 Å². The Morgan fingerprint density at radius 1 is 1.29 bits per heavy atom. The summed E-state index contributed by atoms with van der Waals surface area (Å²) in [4.78, 5) is 7.27. The van der Waals surface area contributed by atoms with E-state index in [1.807, 2.05) is 0 Å². The number of likely N-dealkylation sites (tertiary alicyclic amines) is 1. The lowest BCUT2D eigenvalue weighted by molar-refractivity contribution is 0.158. The molecular formula is C16H35IN4. The Kier molecular flexibility index (Phi) is 12.5. The fourth-order valence-corrected chi connectivity index (χ4v) is 2.70.